The summed E-state index contributed by atoms with van der Waals surface area (Å²) in [4.78, 5) is 44.5. The molecule has 3 rings (SSSR count). The lowest BCUT2D eigenvalue weighted by atomic mass is 10.1. The van der Waals surface area contributed by atoms with E-state index in [1.54, 1.807) is 31.2 Å². The van der Waals surface area contributed by atoms with Crippen molar-refractivity contribution < 1.29 is 29.0 Å². The number of ether oxygens (including phenoxy) is 2. The van der Waals surface area contributed by atoms with Gasteiger partial charge in [-0.25, -0.2) is 14.8 Å². The molecule has 3 aromatic rings. The largest absolute Gasteiger partial charge is 0.480 e. The van der Waals surface area contributed by atoms with Gasteiger partial charge in [-0.3, -0.25) is 9.59 Å². The summed E-state index contributed by atoms with van der Waals surface area (Å²) in [6.45, 7) is 1.82. The number of anilines is 2. The minimum atomic E-state index is -1.12. The lowest BCUT2D eigenvalue weighted by molar-refractivity contribution is -0.135. The van der Waals surface area contributed by atoms with Crippen molar-refractivity contribution in [1.82, 2.24) is 15.3 Å². The van der Waals surface area contributed by atoms with Crippen molar-refractivity contribution in [1.29, 1.82) is 0 Å². The molecule has 1 aromatic carbocycles. The van der Waals surface area contributed by atoms with Crippen LogP contribution in [0.15, 0.2) is 30.6 Å². The van der Waals surface area contributed by atoms with Crippen LogP contribution in [-0.2, 0) is 14.3 Å². The summed E-state index contributed by atoms with van der Waals surface area (Å²) < 4.78 is 10.1. The summed E-state index contributed by atoms with van der Waals surface area (Å²) in [5, 5.41) is 14.8. The van der Waals surface area contributed by atoms with Gasteiger partial charge in [0.15, 0.2) is 0 Å². The van der Waals surface area contributed by atoms with Crippen LogP contribution in [0.5, 0.6) is 0 Å². The number of rotatable bonds is 9. The van der Waals surface area contributed by atoms with E-state index in [4.69, 9.17) is 14.6 Å². The number of nitrogens with zero attached hydrogens (tertiary/aromatic N) is 2. The fourth-order valence-corrected chi connectivity index (χ4v) is 3.79. The Labute approximate surface area is 181 Å². The highest BCUT2D eigenvalue weighted by Crippen LogP contribution is 2.34. The lowest BCUT2D eigenvalue weighted by Gasteiger charge is -2.08. The van der Waals surface area contributed by atoms with Gasteiger partial charge < -0.3 is 25.2 Å². The molecule has 0 spiro atoms. The maximum Gasteiger partial charge on any atom is 0.348 e. The number of benzene rings is 1. The number of nitrogens with one attached hydrogen (secondary N) is 2. The van der Waals surface area contributed by atoms with Gasteiger partial charge in [-0.05, 0) is 36.8 Å². The van der Waals surface area contributed by atoms with Crippen molar-refractivity contribution in [3.05, 3.63) is 46.6 Å². The van der Waals surface area contributed by atoms with E-state index in [9.17, 15) is 14.4 Å². The monoisotopic (exact) mass is 444 g/mol. The number of amides is 1. The predicted octanol–water partition coefficient (Wildman–Crippen LogP) is 2.36. The summed E-state index contributed by atoms with van der Waals surface area (Å²) >= 11 is 1.22. The maximum absolute atomic E-state index is 12.4. The number of thiophene rings is 1. The van der Waals surface area contributed by atoms with Gasteiger partial charge in [0.25, 0.3) is 5.91 Å². The molecule has 0 saturated heterocycles. The molecular weight excluding hydrogens is 424 g/mol. The van der Waals surface area contributed by atoms with Gasteiger partial charge in [0.1, 0.15) is 35.0 Å². The molecule has 3 N–H and O–H groups in total. The van der Waals surface area contributed by atoms with Gasteiger partial charge in [-0.15, -0.1) is 11.3 Å². The van der Waals surface area contributed by atoms with Gasteiger partial charge in [0.05, 0.1) is 12.0 Å². The van der Waals surface area contributed by atoms with Crippen LogP contribution in [0, 0.1) is 6.92 Å². The third-order valence-electron chi connectivity index (χ3n) is 4.24. The van der Waals surface area contributed by atoms with Crippen LogP contribution < -0.4 is 10.6 Å². The van der Waals surface area contributed by atoms with Crippen LogP contribution in [0.3, 0.4) is 0 Å². The molecule has 0 aliphatic carbocycles. The highest BCUT2D eigenvalue weighted by molar-refractivity contribution is 7.20. The molecule has 11 heteroatoms. The lowest BCUT2D eigenvalue weighted by Crippen LogP contribution is -2.29. The minimum Gasteiger partial charge on any atom is -0.480 e. The molecule has 2 heterocycles. The van der Waals surface area contributed by atoms with E-state index in [1.807, 2.05) is 0 Å². The Balaban J connectivity index is 1.79. The topological polar surface area (TPSA) is 140 Å². The fraction of sp³-hybridized carbons (Fsp3) is 0.250. The molecule has 0 aliphatic heterocycles. The highest BCUT2D eigenvalue weighted by atomic mass is 32.1. The zero-order valence-electron chi connectivity index (χ0n) is 16.8. The molecule has 0 unspecified atom stereocenters. The number of carbonyl (C=O) groups excluding carboxylic acids is 2. The molecule has 0 bridgehead atoms. The predicted molar refractivity (Wildman–Crippen MR) is 114 cm³/mol. The Kier molecular flexibility index (Phi) is 7.11. The van der Waals surface area contributed by atoms with Crippen LogP contribution in [0.25, 0.3) is 10.2 Å². The number of hydrogen-bond donors (Lipinski definition) is 3. The van der Waals surface area contributed by atoms with Crippen molar-refractivity contribution in [2.24, 2.45) is 0 Å². The second-order valence-corrected chi connectivity index (χ2v) is 7.37. The molecular formula is C20H20N4O6S. The first-order valence-electron chi connectivity index (χ1n) is 9.18. The van der Waals surface area contributed by atoms with E-state index < -0.39 is 24.4 Å². The number of aliphatic carboxylic acids is 1. The Bertz CT molecular complexity index is 1110. The van der Waals surface area contributed by atoms with Crippen molar-refractivity contribution in [2.45, 2.75) is 6.92 Å². The third kappa shape index (κ3) is 5.32. The molecule has 0 atom stereocenters. The number of methoxy groups -OCH3 is 1. The average Bonchev–Trinajstić information content (AvgIpc) is 3.10. The summed E-state index contributed by atoms with van der Waals surface area (Å²) in [5.74, 6) is -1.53. The summed E-state index contributed by atoms with van der Waals surface area (Å²) in [7, 11) is 1.53. The fourth-order valence-electron chi connectivity index (χ4n) is 2.74. The Hall–Kier alpha value is -3.57. The van der Waals surface area contributed by atoms with E-state index >= 15 is 0 Å². The molecule has 2 aromatic heterocycles. The van der Waals surface area contributed by atoms with E-state index in [0.29, 0.717) is 44.3 Å². The minimum absolute atomic E-state index is 0.159. The number of hydrogen-bond acceptors (Lipinski definition) is 9. The molecule has 31 heavy (non-hydrogen) atoms. The van der Waals surface area contributed by atoms with Crippen molar-refractivity contribution in [2.75, 3.05) is 32.2 Å². The Morgan fingerprint density at radius 2 is 1.87 bits per heavy atom. The molecule has 162 valence electrons. The number of carboxylic acids is 1. The Morgan fingerprint density at radius 3 is 2.55 bits per heavy atom. The molecule has 0 saturated carbocycles. The SMILES string of the molecule is COCCOC(=O)c1sc2ncnc(Nc3ccc(C(=O)NCC(=O)O)cc3)c2c1C. The average molecular weight is 444 g/mol. The van der Waals surface area contributed by atoms with Gasteiger partial charge >= 0.3 is 11.9 Å². The quantitative estimate of drug-likeness (QED) is 0.335. The van der Waals surface area contributed by atoms with Gasteiger partial charge in [-0.2, -0.15) is 0 Å². The normalized spacial score (nSPS) is 10.6. The van der Waals surface area contributed by atoms with Crippen molar-refractivity contribution in [3.8, 4) is 0 Å². The molecule has 0 radical (unpaired) electrons. The molecule has 0 aliphatic rings. The number of esters is 1. The van der Waals surface area contributed by atoms with Gasteiger partial charge in [0.2, 0.25) is 0 Å². The summed E-state index contributed by atoms with van der Waals surface area (Å²) in [6, 6.07) is 6.48. The Morgan fingerprint density at radius 1 is 1.13 bits per heavy atom. The third-order valence-corrected chi connectivity index (χ3v) is 5.42. The smallest absolute Gasteiger partial charge is 0.348 e. The van der Waals surface area contributed by atoms with Gasteiger partial charge in [-0.1, -0.05) is 0 Å². The zero-order chi connectivity index (χ0) is 22.4. The van der Waals surface area contributed by atoms with E-state index in [2.05, 4.69) is 20.6 Å². The molecule has 0 fully saturated rings. The number of carboxylic acid groups (broad SMARTS) is 1. The number of fused-ring (bicyclic) bond motifs is 1. The van der Waals surface area contributed by atoms with Crippen LogP contribution in [0.1, 0.15) is 25.6 Å². The van der Waals surface area contributed by atoms with Crippen LogP contribution in [0.2, 0.25) is 0 Å². The first-order valence-corrected chi connectivity index (χ1v) is 9.99. The van der Waals surface area contributed by atoms with Gasteiger partial charge in [0, 0.05) is 18.4 Å². The summed E-state index contributed by atoms with van der Waals surface area (Å²) in [6.07, 6.45) is 1.40. The first kappa shape index (κ1) is 22.1. The number of aromatic nitrogens is 2. The molecule has 10 nitrogen and oxygen atoms in total. The van der Waals surface area contributed by atoms with E-state index in [0.717, 1.165) is 0 Å². The van der Waals surface area contributed by atoms with Crippen LogP contribution >= 0.6 is 11.3 Å². The standard InChI is InChI=1S/C20H20N4O6S/c1-11-15-17(22-10-23-19(15)31-16(11)20(28)30-8-7-29-2)24-13-5-3-12(4-6-13)18(27)21-9-14(25)26/h3-6,10H,7-9H2,1-2H3,(H,21,27)(H,25,26)(H,22,23,24). The zero-order valence-corrected chi connectivity index (χ0v) is 17.6. The van der Waals surface area contributed by atoms with E-state index in [-0.39, 0.29) is 6.61 Å². The first-order chi connectivity index (χ1) is 14.9. The second-order valence-electron chi connectivity index (χ2n) is 6.37. The van der Waals surface area contributed by atoms with Crippen molar-refractivity contribution >= 4 is 50.9 Å². The van der Waals surface area contributed by atoms with Crippen molar-refractivity contribution in [3.63, 3.8) is 0 Å². The maximum atomic E-state index is 12.4. The highest BCUT2D eigenvalue weighted by Gasteiger charge is 2.20. The number of carbonyl (C=O) groups is 3. The van der Waals surface area contributed by atoms with E-state index in [1.165, 1.54) is 24.8 Å². The molecule has 1 amide bonds. The summed E-state index contributed by atoms with van der Waals surface area (Å²) in [5.41, 5.74) is 1.69. The second kappa shape index (κ2) is 9.96. The van der Waals surface area contributed by atoms with Crippen LogP contribution in [-0.4, -0.2) is 59.8 Å². The number of aryl methyl sites for hydroxylation is 1. The van der Waals surface area contributed by atoms with Crippen LogP contribution in [0.4, 0.5) is 11.5 Å².